The molecule has 2 aromatic rings. The van der Waals surface area contributed by atoms with Gasteiger partial charge in [0.25, 0.3) is 0 Å². The van der Waals surface area contributed by atoms with Crippen LogP contribution in [-0.2, 0) is 6.18 Å². The Morgan fingerprint density at radius 3 is 2.36 bits per heavy atom. The largest absolute Gasteiger partial charge is 0.443 e. The van der Waals surface area contributed by atoms with Crippen LogP contribution in [0.2, 0.25) is 0 Å². The van der Waals surface area contributed by atoms with Crippen LogP contribution in [-0.4, -0.2) is 16.9 Å². The van der Waals surface area contributed by atoms with E-state index in [1.165, 1.54) is 11.4 Å². The summed E-state index contributed by atoms with van der Waals surface area (Å²) < 4.78 is 74.4. The van der Waals surface area contributed by atoms with Crippen molar-refractivity contribution in [2.24, 2.45) is 0 Å². The van der Waals surface area contributed by atoms with Crippen molar-refractivity contribution < 1.29 is 26.3 Å². The highest BCUT2D eigenvalue weighted by molar-refractivity contribution is 7.99. The van der Waals surface area contributed by atoms with Crippen LogP contribution in [0.3, 0.4) is 0 Å². The van der Waals surface area contributed by atoms with Crippen LogP contribution in [0, 0.1) is 6.92 Å². The average molecular weight is 357 g/mol. The molecule has 120 valence electrons. The van der Waals surface area contributed by atoms with Gasteiger partial charge in [0.05, 0.1) is 11.4 Å². The van der Waals surface area contributed by atoms with Crippen molar-refractivity contribution in [2.75, 3.05) is 5.75 Å². The molecule has 9 heteroatoms. The van der Waals surface area contributed by atoms with Gasteiger partial charge >= 0.3 is 12.4 Å². The lowest BCUT2D eigenvalue weighted by Gasteiger charge is -2.09. The maximum absolute atomic E-state index is 12.5. The Kier molecular flexibility index (Phi) is 4.76. The minimum atomic E-state index is -4.53. The summed E-state index contributed by atoms with van der Waals surface area (Å²) in [5.41, 5.74) is 1.09. The molecule has 0 radical (unpaired) electrons. The number of hydrogen-bond donors (Lipinski definition) is 0. The van der Waals surface area contributed by atoms with Gasteiger partial charge in [-0.3, -0.25) is 0 Å². The highest BCUT2D eigenvalue weighted by atomic mass is 32.2. The van der Waals surface area contributed by atoms with Gasteiger partial charge in [-0.15, -0.1) is 23.1 Å². The summed E-state index contributed by atoms with van der Waals surface area (Å²) >= 11 is 1.06. The molecule has 0 atom stereocenters. The molecule has 2 rings (SSSR count). The predicted octanol–water partition coefficient (Wildman–Crippen LogP) is 5.79. The third kappa shape index (κ3) is 4.39. The van der Waals surface area contributed by atoms with E-state index >= 15 is 0 Å². The predicted molar refractivity (Wildman–Crippen MR) is 74.1 cm³/mol. The van der Waals surface area contributed by atoms with Gasteiger partial charge in [0.2, 0.25) is 0 Å². The van der Waals surface area contributed by atoms with Gasteiger partial charge in [0.1, 0.15) is 0 Å². The summed E-state index contributed by atoms with van der Waals surface area (Å²) in [6.45, 7) is 1.64. The maximum Gasteiger partial charge on any atom is 0.443 e. The first kappa shape index (κ1) is 17.1. The van der Waals surface area contributed by atoms with Crippen LogP contribution in [0.25, 0.3) is 11.3 Å². The molecule has 0 aliphatic carbocycles. The lowest BCUT2D eigenvalue weighted by Crippen LogP contribution is -2.10. The van der Waals surface area contributed by atoms with Crippen LogP contribution >= 0.6 is 23.1 Å². The van der Waals surface area contributed by atoms with Gasteiger partial charge in [0.15, 0.2) is 5.01 Å². The maximum atomic E-state index is 12.5. The van der Waals surface area contributed by atoms with E-state index in [2.05, 4.69) is 4.98 Å². The summed E-state index contributed by atoms with van der Waals surface area (Å²) in [4.78, 5) is 3.87. The number of hydrogen-bond acceptors (Lipinski definition) is 3. The fraction of sp³-hybridized carbons (Fsp3) is 0.308. The molecule has 0 spiro atoms. The molecule has 22 heavy (non-hydrogen) atoms. The SMILES string of the molecule is Cc1ccc(-c2csc(C(F)(F)F)n2)cc1SCC(F)(F)F. The summed E-state index contributed by atoms with van der Waals surface area (Å²) in [5.74, 6) is -1.05. The van der Waals surface area contributed by atoms with E-state index < -0.39 is 23.1 Å². The average Bonchev–Trinajstić information content (AvgIpc) is 2.86. The summed E-state index contributed by atoms with van der Waals surface area (Å²) in [6, 6.07) is 4.55. The Bertz CT molecular complexity index is 659. The Morgan fingerprint density at radius 2 is 1.82 bits per heavy atom. The monoisotopic (exact) mass is 357 g/mol. The minimum Gasteiger partial charge on any atom is -0.232 e. The summed E-state index contributed by atoms with van der Waals surface area (Å²) in [5, 5.41) is 0.263. The number of thioether (sulfide) groups is 1. The Morgan fingerprint density at radius 1 is 1.14 bits per heavy atom. The Labute approximate surface area is 130 Å². The van der Waals surface area contributed by atoms with Gasteiger partial charge in [0, 0.05) is 15.8 Å². The minimum absolute atomic E-state index is 0.103. The fourth-order valence-corrected chi connectivity index (χ4v) is 3.13. The third-order valence-electron chi connectivity index (χ3n) is 2.62. The molecular formula is C13H9F6NS2. The van der Waals surface area contributed by atoms with Gasteiger partial charge < -0.3 is 0 Å². The van der Waals surface area contributed by atoms with Crippen molar-refractivity contribution in [1.29, 1.82) is 0 Å². The Balaban J connectivity index is 2.27. The summed E-state index contributed by atoms with van der Waals surface area (Å²) in [6.07, 6.45) is -8.83. The number of thiazole rings is 1. The first-order valence-corrected chi connectivity index (χ1v) is 7.76. The van der Waals surface area contributed by atoms with Gasteiger partial charge in [-0.2, -0.15) is 26.3 Å². The first-order valence-electron chi connectivity index (χ1n) is 5.89. The molecule has 1 aromatic heterocycles. The quantitative estimate of drug-likeness (QED) is 0.509. The van der Waals surface area contributed by atoms with Crippen LogP contribution in [0.5, 0.6) is 0 Å². The zero-order valence-corrected chi connectivity index (χ0v) is 12.7. The van der Waals surface area contributed by atoms with E-state index in [1.54, 1.807) is 19.1 Å². The molecule has 1 nitrogen and oxygen atoms in total. The van der Waals surface area contributed by atoms with Crippen molar-refractivity contribution in [2.45, 2.75) is 24.2 Å². The van der Waals surface area contributed by atoms with Crippen molar-refractivity contribution in [3.63, 3.8) is 0 Å². The fourth-order valence-electron chi connectivity index (χ4n) is 1.61. The topological polar surface area (TPSA) is 12.9 Å². The number of halogens is 6. The van der Waals surface area contributed by atoms with E-state index in [0.29, 0.717) is 39.1 Å². The molecular weight excluding hydrogens is 348 g/mol. The van der Waals surface area contributed by atoms with E-state index in [1.807, 2.05) is 0 Å². The number of benzene rings is 1. The number of alkyl halides is 6. The molecule has 0 N–H and O–H groups in total. The normalized spacial score (nSPS) is 12.7. The van der Waals surface area contributed by atoms with Crippen LogP contribution in [0.15, 0.2) is 28.5 Å². The highest BCUT2D eigenvalue weighted by Gasteiger charge is 2.34. The number of rotatable bonds is 3. The third-order valence-corrected chi connectivity index (χ3v) is 4.73. The number of aromatic nitrogens is 1. The molecule has 0 aliphatic rings. The molecule has 0 bridgehead atoms. The zero-order chi connectivity index (χ0) is 16.5. The second-order valence-corrected chi connectivity index (χ2v) is 6.30. The van der Waals surface area contributed by atoms with E-state index in [9.17, 15) is 26.3 Å². The first-order chi connectivity index (χ1) is 10.1. The standard InChI is InChI=1S/C13H9F6NS2/c1-7-2-3-8(4-10(7)22-6-12(14,15)16)9-5-21-11(20-9)13(17,18)19/h2-5H,6H2,1H3. The molecule has 0 fully saturated rings. The number of aryl methyl sites for hydroxylation is 1. The summed E-state index contributed by atoms with van der Waals surface area (Å²) in [7, 11) is 0. The van der Waals surface area contributed by atoms with Crippen LogP contribution in [0.1, 0.15) is 10.6 Å². The van der Waals surface area contributed by atoms with Crippen molar-refractivity contribution in [3.05, 3.63) is 34.2 Å². The molecule has 0 amide bonds. The van der Waals surface area contributed by atoms with E-state index in [0.717, 1.165) is 0 Å². The second kappa shape index (κ2) is 6.11. The van der Waals surface area contributed by atoms with Gasteiger partial charge in [-0.1, -0.05) is 12.1 Å². The van der Waals surface area contributed by atoms with E-state index in [4.69, 9.17) is 0 Å². The lowest BCUT2D eigenvalue weighted by atomic mass is 10.1. The molecule has 1 aromatic carbocycles. The molecule has 0 saturated carbocycles. The van der Waals surface area contributed by atoms with Crippen LogP contribution in [0.4, 0.5) is 26.3 Å². The number of nitrogens with zero attached hydrogens (tertiary/aromatic N) is 1. The van der Waals surface area contributed by atoms with Gasteiger partial charge in [-0.25, -0.2) is 4.98 Å². The zero-order valence-electron chi connectivity index (χ0n) is 11.0. The highest BCUT2D eigenvalue weighted by Crippen LogP contribution is 2.36. The van der Waals surface area contributed by atoms with E-state index in [-0.39, 0.29) is 5.69 Å². The molecule has 0 unspecified atom stereocenters. The van der Waals surface area contributed by atoms with Crippen molar-refractivity contribution >= 4 is 23.1 Å². The van der Waals surface area contributed by atoms with Crippen molar-refractivity contribution in [3.8, 4) is 11.3 Å². The lowest BCUT2D eigenvalue weighted by molar-refractivity contribution is -0.137. The Hall–Kier alpha value is -1.22. The molecule has 0 saturated heterocycles. The second-order valence-electron chi connectivity index (χ2n) is 4.42. The van der Waals surface area contributed by atoms with Crippen LogP contribution < -0.4 is 0 Å². The molecule has 0 aliphatic heterocycles. The molecule has 1 heterocycles. The van der Waals surface area contributed by atoms with Gasteiger partial charge in [-0.05, 0) is 18.6 Å². The smallest absolute Gasteiger partial charge is 0.232 e. The van der Waals surface area contributed by atoms with Crippen molar-refractivity contribution in [1.82, 2.24) is 4.98 Å².